The molecule has 0 saturated carbocycles. The molecule has 0 spiro atoms. The molecule has 3 heterocycles. The van der Waals surface area contributed by atoms with Crippen LogP contribution in [0.3, 0.4) is 0 Å². The Hall–Kier alpha value is -4.54. The van der Waals surface area contributed by atoms with Crippen LogP contribution < -0.4 is 0 Å². The zero-order valence-electron chi connectivity index (χ0n) is 21.6. The van der Waals surface area contributed by atoms with Gasteiger partial charge in [0, 0.05) is 49.7 Å². The smallest absolute Gasteiger partial charge is 0.337 e. The molecular formula is C29H26F3N5O3. The number of Topliss-reactive ketones (excluding diaryl/α,β-unsaturated/α-hetero) is 1. The summed E-state index contributed by atoms with van der Waals surface area (Å²) < 4.78 is 40.5. The van der Waals surface area contributed by atoms with Gasteiger partial charge in [-0.2, -0.15) is 18.3 Å². The van der Waals surface area contributed by atoms with E-state index in [0.717, 1.165) is 12.1 Å². The average Bonchev–Trinajstić information content (AvgIpc) is 3.40. The van der Waals surface area contributed by atoms with Gasteiger partial charge in [0.1, 0.15) is 17.4 Å². The molecule has 0 bridgehead atoms. The molecule has 40 heavy (non-hydrogen) atoms. The van der Waals surface area contributed by atoms with Crippen LogP contribution in [-0.2, 0) is 17.4 Å². The van der Waals surface area contributed by atoms with Gasteiger partial charge in [-0.05, 0) is 48.9 Å². The highest BCUT2D eigenvalue weighted by atomic mass is 19.4. The first-order chi connectivity index (χ1) is 19.1. The number of benzene rings is 2. The number of fused-ring (bicyclic) bond motifs is 1. The van der Waals surface area contributed by atoms with Crippen molar-refractivity contribution in [2.45, 2.75) is 25.6 Å². The van der Waals surface area contributed by atoms with E-state index < -0.39 is 23.7 Å². The summed E-state index contributed by atoms with van der Waals surface area (Å²) in [6.07, 6.45) is -3.05. The molecule has 0 aliphatic carbocycles. The summed E-state index contributed by atoms with van der Waals surface area (Å²) in [5.41, 5.74) is 0.458. The van der Waals surface area contributed by atoms with E-state index >= 15 is 0 Å². The lowest BCUT2D eigenvalue weighted by Gasteiger charge is -2.36. The molecule has 1 aliphatic rings. The lowest BCUT2D eigenvalue weighted by Crippen LogP contribution is -2.51. The van der Waals surface area contributed by atoms with E-state index in [9.17, 15) is 27.6 Å². The van der Waals surface area contributed by atoms with E-state index in [1.165, 1.54) is 6.07 Å². The molecule has 1 saturated heterocycles. The summed E-state index contributed by atoms with van der Waals surface area (Å²) in [4.78, 5) is 45.5. The molecule has 2 amide bonds. The number of amides is 2. The molecular weight excluding hydrogens is 523 g/mol. The Morgan fingerprint density at radius 2 is 1.60 bits per heavy atom. The number of ketones is 1. The minimum absolute atomic E-state index is 0.0582. The number of nitrogens with zero attached hydrogens (tertiary/aromatic N) is 5. The van der Waals surface area contributed by atoms with Crippen molar-refractivity contribution in [3.05, 3.63) is 95.4 Å². The second kappa shape index (κ2) is 10.9. The second-order valence-corrected chi connectivity index (χ2v) is 9.67. The highest BCUT2D eigenvalue weighted by molar-refractivity contribution is 5.96. The molecule has 0 N–H and O–H groups in total. The molecule has 11 heteroatoms. The largest absolute Gasteiger partial charge is 0.433 e. The van der Waals surface area contributed by atoms with E-state index in [4.69, 9.17) is 0 Å². The summed E-state index contributed by atoms with van der Waals surface area (Å²) in [5.74, 6) is -0.714. The Kier molecular flexibility index (Phi) is 7.38. The predicted molar refractivity (Wildman–Crippen MR) is 141 cm³/mol. The van der Waals surface area contributed by atoms with Crippen molar-refractivity contribution in [1.29, 1.82) is 0 Å². The van der Waals surface area contributed by atoms with Crippen LogP contribution in [-0.4, -0.2) is 68.3 Å². The second-order valence-electron chi connectivity index (χ2n) is 9.67. The van der Waals surface area contributed by atoms with Gasteiger partial charge in [-0.15, -0.1) is 0 Å². The van der Waals surface area contributed by atoms with Crippen LogP contribution in [0.4, 0.5) is 13.2 Å². The van der Waals surface area contributed by atoms with Crippen molar-refractivity contribution in [2.24, 2.45) is 0 Å². The van der Waals surface area contributed by atoms with Crippen molar-refractivity contribution in [1.82, 2.24) is 24.6 Å². The Bertz CT molecular complexity index is 1560. The maximum Gasteiger partial charge on any atom is 0.433 e. The number of alkyl halides is 3. The van der Waals surface area contributed by atoms with Gasteiger partial charge in [0.2, 0.25) is 5.91 Å². The normalized spacial score (nSPS) is 14.8. The lowest BCUT2D eigenvalue weighted by atomic mass is 10.0. The number of carbonyl (C=O) groups excluding carboxylic acids is 3. The topological polar surface area (TPSA) is 88.4 Å². The van der Waals surface area contributed by atoms with Crippen molar-refractivity contribution in [2.75, 3.05) is 26.2 Å². The number of carbonyl (C=O) groups is 3. The molecule has 1 unspecified atom stereocenters. The van der Waals surface area contributed by atoms with Crippen molar-refractivity contribution in [3.8, 4) is 0 Å². The number of halogens is 3. The van der Waals surface area contributed by atoms with E-state index in [1.807, 2.05) is 18.2 Å². The highest BCUT2D eigenvalue weighted by Crippen LogP contribution is 2.28. The molecule has 2 aromatic heterocycles. The van der Waals surface area contributed by atoms with Gasteiger partial charge < -0.3 is 9.80 Å². The summed E-state index contributed by atoms with van der Waals surface area (Å²) in [6.45, 7) is 3.45. The van der Waals surface area contributed by atoms with Gasteiger partial charge in [-0.3, -0.25) is 19.1 Å². The first-order valence-electron chi connectivity index (χ1n) is 12.8. The van der Waals surface area contributed by atoms with Crippen molar-refractivity contribution in [3.63, 3.8) is 0 Å². The first kappa shape index (κ1) is 27.0. The molecule has 206 valence electrons. The minimum atomic E-state index is -4.63. The summed E-state index contributed by atoms with van der Waals surface area (Å²) >= 11 is 0. The van der Waals surface area contributed by atoms with Crippen LogP contribution >= 0.6 is 0 Å². The van der Waals surface area contributed by atoms with Gasteiger partial charge in [-0.25, -0.2) is 4.98 Å². The Morgan fingerprint density at radius 1 is 0.900 bits per heavy atom. The zero-order valence-corrected chi connectivity index (χ0v) is 21.6. The van der Waals surface area contributed by atoms with Crippen LogP contribution in [0.15, 0.2) is 72.9 Å². The van der Waals surface area contributed by atoms with Gasteiger partial charge in [0.05, 0.1) is 5.52 Å². The summed E-state index contributed by atoms with van der Waals surface area (Å²) in [5, 5.41) is 5.21. The quantitative estimate of drug-likeness (QED) is 0.332. The van der Waals surface area contributed by atoms with Crippen LogP contribution in [0.1, 0.15) is 45.1 Å². The van der Waals surface area contributed by atoms with E-state index in [0.29, 0.717) is 48.2 Å². The molecule has 0 radical (unpaired) electrons. The molecule has 1 atom stereocenters. The fourth-order valence-corrected chi connectivity index (χ4v) is 4.70. The molecule has 1 fully saturated rings. The monoisotopic (exact) mass is 549 g/mol. The van der Waals surface area contributed by atoms with E-state index in [1.54, 1.807) is 57.9 Å². The Labute approximate surface area is 228 Å². The maximum atomic E-state index is 13.2. The fraction of sp³-hybridized carbons (Fsp3) is 0.276. The van der Waals surface area contributed by atoms with Gasteiger partial charge >= 0.3 is 6.18 Å². The van der Waals surface area contributed by atoms with Crippen molar-refractivity contribution >= 4 is 28.5 Å². The number of hydrogen-bond acceptors (Lipinski definition) is 5. The van der Waals surface area contributed by atoms with Gasteiger partial charge in [0.15, 0.2) is 5.78 Å². The fourth-order valence-electron chi connectivity index (χ4n) is 4.70. The SMILES string of the molecule is CC(C(=O)N1CCN(C(=O)c2ccccc2)CC1)n1cc2cc(CC(=O)c3cccc(C(F)(F)F)n3)ccc2n1. The van der Waals surface area contributed by atoms with Gasteiger partial charge in [0.25, 0.3) is 5.91 Å². The standard InChI is InChI=1S/C29H26F3N5O3/c1-19(27(39)35-12-14-36(15-13-35)28(40)21-6-3-2-4-7-21)37-18-22-16-20(10-11-23(22)34-37)17-25(38)24-8-5-9-26(33-24)29(30,31)32/h2-11,16,18-19H,12-15,17H2,1H3. The third-order valence-corrected chi connectivity index (χ3v) is 6.93. The van der Waals surface area contributed by atoms with E-state index in [-0.39, 0.29) is 23.9 Å². The lowest BCUT2D eigenvalue weighted by molar-refractivity contribution is -0.141. The number of piperazine rings is 1. The van der Waals surface area contributed by atoms with Crippen LogP contribution in [0.5, 0.6) is 0 Å². The number of pyridine rings is 1. The van der Waals surface area contributed by atoms with Crippen LogP contribution in [0, 0.1) is 0 Å². The molecule has 4 aromatic rings. The molecule has 2 aromatic carbocycles. The van der Waals surface area contributed by atoms with Crippen molar-refractivity contribution < 1.29 is 27.6 Å². The Morgan fingerprint density at radius 3 is 2.30 bits per heavy atom. The average molecular weight is 550 g/mol. The Balaban J connectivity index is 1.23. The molecule has 8 nitrogen and oxygen atoms in total. The highest BCUT2D eigenvalue weighted by Gasteiger charge is 2.33. The number of hydrogen-bond donors (Lipinski definition) is 0. The summed E-state index contributed by atoms with van der Waals surface area (Å²) in [6, 6.07) is 16.8. The number of aromatic nitrogens is 3. The maximum absolute atomic E-state index is 13.2. The predicted octanol–water partition coefficient (Wildman–Crippen LogP) is 4.42. The first-order valence-corrected chi connectivity index (χ1v) is 12.8. The number of rotatable bonds is 6. The third-order valence-electron chi connectivity index (χ3n) is 6.93. The summed E-state index contributed by atoms with van der Waals surface area (Å²) in [7, 11) is 0. The van der Waals surface area contributed by atoms with Crippen LogP contribution in [0.25, 0.3) is 10.9 Å². The third kappa shape index (κ3) is 5.73. The van der Waals surface area contributed by atoms with Crippen LogP contribution in [0.2, 0.25) is 0 Å². The molecule has 1 aliphatic heterocycles. The zero-order chi connectivity index (χ0) is 28.4. The van der Waals surface area contributed by atoms with Gasteiger partial charge in [-0.1, -0.05) is 30.3 Å². The van der Waals surface area contributed by atoms with E-state index in [2.05, 4.69) is 10.1 Å². The minimum Gasteiger partial charge on any atom is -0.337 e. The molecule has 5 rings (SSSR count).